The van der Waals surface area contributed by atoms with Crippen molar-refractivity contribution in [3.8, 4) is 0 Å². The Bertz CT molecular complexity index is 446. The second-order valence-electron chi connectivity index (χ2n) is 2.27. The van der Waals surface area contributed by atoms with Gasteiger partial charge in [-0.15, -0.1) is 12.4 Å². The standard InChI is InChI=1S/C7H6N2O2.ClH/c8-4-1-2-5-6(3-4)11-7(10)9-5;/h1-3H,8H2,(H,9,10);1H. The van der Waals surface area contributed by atoms with Crippen molar-refractivity contribution in [1.82, 2.24) is 4.98 Å². The second-order valence-corrected chi connectivity index (χ2v) is 2.27. The largest absolute Gasteiger partial charge is 0.417 e. The lowest BCUT2D eigenvalue weighted by Gasteiger charge is -1.88. The van der Waals surface area contributed by atoms with Crippen LogP contribution < -0.4 is 11.5 Å². The van der Waals surface area contributed by atoms with E-state index in [1.165, 1.54) is 0 Å². The minimum Gasteiger partial charge on any atom is -0.408 e. The Hall–Kier alpha value is -1.42. The van der Waals surface area contributed by atoms with E-state index < -0.39 is 5.76 Å². The lowest BCUT2D eigenvalue weighted by molar-refractivity contribution is 0.555. The maximum atomic E-state index is 10.6. The Morgan fingerprint density at radius 3 is 2.92 bits per heavy atom. The van der Waals surface area contributed by atoms with Crippen LogP contribution >= 0.6 is 12.4 Å². The average molecular weight is 187 g/mol. The van der Waals surface area contributed by atoms with Crippen molar-refractivity contribution in [3.63, 3.8) is 0 Å². The third-order valence-electron chi connectivity index (χ3n) is 1.45. The third kappa shape index (κ3) is 1.29. The predicted octanol–water partition coefficient (Wildman–Crippen LogP) is 1.13. The molecule has 0 saturated heterocycles. The minimum absolute atomic E-state index is 0. The van der Waals surface area contributed by atoms with Crippen LogP contribution in [0.4, 0.5) is 5.69 Å². The molecule has 0 radical (unpaired) electrons. The number of rotatable bonds is 0. The first kappa shape index (κ1) is 8.67. The van der Waals surface area contributed by atoms with Crippen LogP contribution in [0, 0.1) is 0 Å². The number of hydrogen-bond acceptors (Lipinski definition) is 3. The van der Waals surface area contributed by atoms with E-state index in [9.17, 15) is 4.79 Å². The highest BCUT2D eigenvalue weighted by atomic mass is 35.5. The van der Waals surface area contributed by atoms with Crippen molar-refractivity contribution in [3.05, 3.63) is 28.7 Å². The van der Waals surface area contributed by atoms with Gasteiger partial charge in [0.2, 0.25) is 0 Å². The number of hydrogen-bond donors (Lipinski definition) is 2. The molecule has 0 saturated carbocycles. The van der Waals surface area contributed by atoms with Gasteiger partial charge in [0.1, 0.15) is 0 Å². The molecular formula is C7H7ClN2O2. The second kappa shape index (κ2) is 2.91. The topological polar surface area (TPSA) is 72.0 Å². The first-order valence-electron chi connectivity index (χ1n) is 3.14. The maximum absolute atomic E-state index is 10.6. The number of nitrogens with one attached hydrogen (secondary N) is 1. The summed E-state index contributed by atoms with van der Waals surface area (Å²) in [4.78, 5) is 13.1. The van der Waals surface area contributed by atoms with Gasteiger partial charge < -0.3 is 10.2 Å². The fourth-order valence-corrected chi connectivity index (χ4v) is 0.962. The van der Waals surface area contributed by atoms with Crippen LogP contribution in [0.5, 0.6) is 0 Å². The molecule has 0 amide bonds. The van der Waals surface area contributed by atoms with Crippen LogP contribution in [0.1, 0.15) is 0 Å². The zero-order valence-electron chi connectivity index (χ0n) is 6.03. The molecule has 0 aliphatic carbocycles. The molecule has 1 aromatic carbocycles. The smallest absolute Gasteiger partial charge is 0.408 e. The molecule has 0 unspecified atom stereocenters. The van der Waals surface area contributed by atoms with Crippen molar-refractivity contribution >= 4 is 29.2 Å². The highest BCUT2D eigenvalue weighted by molar-refractivity contribution is 5.85. The number of anilines is 1. The van der Waals surface area contributed by atoms with Gasteiger partial charge in [-0.2, -0.15) is 0 Å². The van der Waals surface area contributed by atoms with Crippen molar-refractivity contribution in [2.24, 2.45) is 0 Å². The molecule has 5 heteroatoms. The van der Waals surface area contributed by atoms with Crippen LogP contribution in [-0.4, -0.2) is 4.98 Å². The van der Waals surface area contributed by atoms with Gasteiger partial charge in [0.05, 0.1) is 5.52 Å². The molecule has 4 nitrogen and oxygen atoms in total. The zero-order chi connectivity index (χ0) is 7.84. The van der Waals surface area contributed by atoms with Crippen molar-refractivity contribution in [2.75, 3.05) is 5.73 Å². The molecule has 1 heterocycles. The molecule has 0 aliphatic rings. The molecular weight excluding hydrogens is 180 g/mol. The molecule has 2 rings (SSSR count). The Morgan fingerprint density at radius 2 is 2.17 bits per heavy atom. The van der Waals surface area contributed by atoms with E-state index in [-0.39, 0.29) is 12.4 Å². The van der Waals surface area contributed by atoms with Crippen molar-refractivity contribution in [1.29, 1.82) is 0 Å². The normalized spacial score (nSPS) is 9.67. The van der Waals surface area contributed by atoms with Gasteiger partial charge in [0, 0.05) is 11.8 Å². The van der Waals surface area contributed by atoms with Gasteiger partial charge in [-0.05, 0) is 12.1 Å². The summed E-state index contributed by atoms with van der Waals surface area (Å²) < 4.78 is 4.76. The Labute approximate surface area is 73.8 Å². The van der Waals surface area contributed by atoms with Gasteiger partial charge in [-0.3, -0.25) is 4.98 Å². The lowest BCUT2D eigenvalue weighted by Crippen LogP contribution is -1.92. The molecule has 0 bridgehead atoms. The molecule has 0 aliphatic heterocycles. The summed E-state index contributed by atoms with van der Waals surface area (Å²) in [6.45, 7) is 0. The van der Waals surface area contributed by atoms with E-state index in [0.717, 1.165) is 0 Å². The van der Waals surface area contributed by atoms with Crippen LogP contribution in [0.15, 0.2) is 27.4 Å². The highest BCUT2D eigenvalue weighted by Gasteiger charge is 1.98. The summed E-state index contributed by atoms with van der Waals surface area (Å²) in [5.41, 5.74) is 7.21. The molecule has 12 heavy (non-hydrogen) atoms. The van der Waals surface area contributed by atoms with Crippen LogP contribution in [0.3, 0.4) is 0 Å². The minimum atomic E-state index is -0.453. The van der Waals surface area contributed by atoms with E-state index >= 15 is 0 Å². The van der Waals surface area contributed by atoms with E-state index in [4.69, 9.17) is 10.2 Å². The number of aromatic nitrogens is 1. The Kier molecular flexibility index (Phi) is 2.10. The summed E-state index contributed by atoms with van der Waals surface area (Å²) in [5.74, 6) is -0.453. The number of H-pyrrole nitrogens is 1. The molecule has 3 N–H and O–H groups in total. The number of oxazole rings is 1. The SMILES string of the molecule is Cl.Nc1ccc2[nH]c(=O)oc2c1. The first-order chi connectivity index (χ1) is 5.25. The number of benzene rings is 1. The maximum Gasteiger partial charge on any atom is 0.417 e. The van der Waals surface area contributed by atoms with Crippen LogP contribution in [0.25, 0.3) is 11.1 Å². The summed E-state index contributed by atoms with van der Waals surface area (Å²) in [6, 6.07) is 5.01. The van der Waals surface area contributed by atoms with E-state index in [1.807, 2.05) is 0 Å². The molecule has 64 valence electrons. The lowest BCUT2D eigenvalue weighted by atomic mass is 10.3. The average Bonchev–Trinajstić information content (AvgIpc) is 2.27. The number of nitrogens with two attached hydrogens (primary N) is 1. The van der Waals surface area contributed by atoms with Crippen LogP contribution in [-0.2, 0) is 0 Å². The zero-order valence-corrected chi connectivity index (χ0v) is 6.85. The van der Waals surface area contributed by atoms with Gasteiger partial charge in [0.15, 0.2) is 5.58 Å². The molecule has 2 aromatic rings. The van der Waals surface area contributed by atoms with Crippen LogP contribution in [0.2, 0.25) is 0 Å². The molecule has 1 aromatic heterocycles. The van der Waals surface area contributed by atoms with E-state index in [0.29, 0.717) is 16.8 Å². The van der Waals surface area contributed by atoms with E-state index in [2.05, 4.69) is 4.98 Å². The quantitative estimate of drug-likeness (QED) is 0.606. The van der Waals surface area contributed by atoms with Gasteiger partial charge in [0.25, 0.3) is 0 Å². The third-order valence-corrected chi connectivity index (χ3v) is 1.45. The van der Waals surface area contributed by atoms with E-state index in [1.54, 1.807) is 18.2 Å². The molecule has 0 spiro atoms. The number of nitrogen functional groups attached to an aromatic ring is 1. The Morgan fingerprint density at radius 1 is 1.42 bits per heavy atom. The number of fused-ring (bicyclic) bond motifs is 1. The van der Waals surface area contributed by atoms with Gasteiger partial charge in [-0.1, -0.05) is 0 Å². The Balaban J connectivity index is 0.000000720. The molecule has 0 atom stereocenters. The number of aromatic amines is 1. The van der Waals surface area contributed by atoms with Crippen molar-refractivity contribution in [2.45, 2.75) is 0 Å². The monoisotopic (exact) mass is 186 g/mol. The van der Waals surface area contributed by atoms with Crippen molar-refractivity contribution < 1.29 is 4.42 Å². The van der Waals surface area contributed by atoms with Gasteiger partial charge >= 0.3 is 5.76 Å². The molecule has 0 fully saturated rings. The summed E-state index contributed by atoms with van der Waals surface area (Å²) in [7, 11) is 0. The van der Waals surface area contributed by atoms with Gasteiger partial charge in [-0.25, -0.2) is 4.79 Å². The summed E-state index contributed by atoms with van der Waals surface area (Å²) in [6.07, 6.45) is 0. The fraction of sp³-hybridized carbons (Fsp3) is 0. The first-order valence-corrected chi connectivity index (χ1v) is 3.14. The summed E-state index contributed by atoms with van der Waals surface area (Å²) >= 11 is 0. The number of halogens is 1. The highest BCUT2D eigenvalue weighted by Crippen LogP contribution is 2.12. The fourth-order valence-electron chi connectivity index (χ4n) is 0.962. The summed E-state index contributed by atoms with van der Waals surface area (Å²) in [5, 5.41) is 0. The predicted molar refractivity (Wildman–Crippen MR) is 48.5 cm³/mol.